The highest BCUT2D eigenvalue weighted by Crippen LogP contribution is 2.35. The molecule has 116 valence electrons. The predicted octanol–water partition coefficient (Wildman–Crippen LogP) is 2.27. The number of hydrogen-bond donors (Lipinski definition) is 1. The van der Waals surface area contributed by atoms with Crippen molar-refractivity contribution in [1.29, 1.82) is 0 Å². The first-order valence-electron chi connectivity index (χ1n) is 6.12. The van der Waals surface area contributed by atoms with Gasteiger partial charge in [-0.3, -0.25) is 9.89 Å². The predicted molar refractivity (Wildman–Crippen MR) is 88.7 cm³/mol. The average Bonchev–Trinajstić information content (AvgIpc) is 2.50. The van der Waals surface area contributed by atoms with Crippen LogP contribution in [0.5, 0.6) is 11.5 Å². The molecule has 2 rings (SSSR count). The zero-order valence-electron chi connectivity index (χ0n) is 12.1. The molecule has 7 nitrogen and oxygen atoms in total. The normalized spacial score (nSPS) is 10.9. The minimum atomic E-state index is -0.375. The number of aromatic amines is 1. The Balaban J connectivity index is 2.48. The molecule has 22 heavy (non-hydrogen) atoms. The average molecular weight is 385 g/mol. The molecule has 1 aromatic carbocycles. The second-order valence-electron chi connectivity index (χ2n) is 4.21. The van der Waals surface area contributed by atoms with E-state index in [0.717, 1.165) is 4.68 Å². The third-order valence-electron chi connectivity index (χ3n) is 2.79. The van der Waals surface area contributed by atoms with Crippen molar-refractivity contribution in [3.05, 3.63) is 43.0 Å². The van der Waals surface area contributed by atoms with E-state index in [-0.39, 0.29) is 16.0 Å². The molecule has 1 N–H and O–H groups in total. The third kappa shape index (κ3) is 3.25. The fourth-order valence-electron chi connectivity index (χ4n) is 1.71. The largest absolute Gasteiger partial charge is 0.493 e. The molecule has 0 atom stereocenters. The lowest BCUT2D eigenvalue weighted by molar-refractivity contribution is 0.353. The monoisotopic (exact) mass is 384 g/mol. The Hall–Kier alpha value is -2.00. The highest BCUT2D eigenvalue weighted by atomic mass is 79.9. The van der Waals surface area contributed by atoms with Gasteiger partial charge in [-0.25, -0.2) is 0 Å². The lowest BCUT2D eigenvalue weighted by atomic mass is 10.2. The van der Waals surface area contributed by atoms with Crippen LogP contribution in [0.1, 0.15) is 11.3 Å². The maximum Gasteiger partial charge on any atom is 0.296 e. The van der Waals surface area contributed by atoms with E-state index >= 15 is 0 Å². The summed E-state index contributed by atoms with van der Waals surface area (Å²) >= 11 is 8.40. The van der Waals surface area contributed by atoms with Gasteiger partial charge in [-0.05, 0) is 52.8 Å². The van der Waals surface area contributed by atoms with Gasteiger partial charge in [-0.2, -0.15) is 14.9 Å². The lowest BCUT2D eigenvalue weighted by Gasteiger charge is -2.10. The van der Waals surface area contributed by atoms with Gasteiger partial charge in [0.1, 0.15) is 5.69 Å². The Bertz CT molecular complexity index is 844. The summed E-state index contributed by atoms with van der Waals surface area (Å²) < 4.78 is 12.4. The summed E-state index contributed by atoms with van der Waals surface area (Å²) in [6.07, 6.45) is 1.50. The van der Waals surface area contributed by atoms with Crippen LogP contribution in [0.3, 0.4) is 0 Å². The Morgan fingerprint density at radius 1 is 1.41 bits per heavy atom. The molecular weight excluding hydrogens is 372 g/mol. The Morgan fingerprint density at radius 2 is 2.14 bits per heavy atom. The number of nitrogens with zero attached hydrogens (tertiary/aromatic N) is 3. The molecule has 9 heteroatoms. The van der Waals surface area contributed by atoms with E-state index in [9.17, 15) is 4.79 Å². The summed E-state index contributed by atoms with van der Waals surface area (Å²) in [5.41, 5.74) is 0.610. The second-order valence-corrected chi connectivity index (χ2v) is 5.45. The fourth-order valence-corrected chi connectivity index (χ4v) is 2.51. The minimum absolute atomic E-state index is 0.117. The van der Waals surface area contributed by atoms with Gasteiger partial charge >= 0.3 is 0 Å². The Kier molecular flexibility index (Phi) is 5.09. The van der Waals surface area contributed by atoms with E-state index in [4.69, 9.17) is 21.7 Å². The van der Waals surface area contributed by atoms with E-state index in [0.29, 0.717) is 21.5 Å². The number of nitrogens with one attached hydrogen (secondary N) is 1. The zero-order valence-corrected chi connectivity index (χ0v) is 14.5. The van der Waals surface area contributed by atoms with Crippen LogP contribution >= 0.6 is 28.1 Å². The summed E-state index contributed by atoms with van der Waals surface area (Å²) in [7, 11) is 3.09. The molecule has 0 amide bonds. The number of ether oxygens (including phenoxy) is 2. The molecule has 0 aliphatic carbocycles. The molecule has 0 fully saturated rings. The van der Waals surface area contributed by atoms with Crippen LogP contribution in [0.25, 0.3) is 0 Å². The second kappa shape index (κ2) is 6.84. The number of aromatic nitrogens is 3. The molecule has 0 saturated carbocycles. The summed E-state index contributed by atoms with van der Waals surface area (Å²) in [5.74, 6) is 1.12. The van der Waals surface area contributed by atoms with Gasteiger partial charge < -0.3 is 9.47 Å². The number of methoxy groups -OCH3 is 2. The molecule has 1 heterocycles. The molecule has 1 aromatic heterocycles. The number of rotatable bonds is 4. The van der Waals surface area contributed by atoms with Gasteiger partial charge in [-0.15, -0.1) is 0 Å². The summed E-state index contributed by atoms with van der Waals surface area (Å²) in [6, 6.07) is 3.52. The SMILES string of the molecule is COc1cc(/C=N\n2c(=S)[nH]nc(C)c2=O)cc(Br)c1OC. The summed E-state index contributed by atoms with van der Waals surface area (Å²) in [6.45, 7) is 1.58. The fraction of sp³-hybridized carbons (Fsp3) is 0.231. The Morgan fingerprint density at radius 3 is 2.77 bits per heavy atom. The Labute approximate surface area is 139 Å². The van der Waals surface area contributed by atoms with Gasteiger partial charge in [0, 0.05) is 0 Å². The highest BCUT2D eigenvalue weighted by Gasteiger charge is 2.09. The van der Waals surface area contributed by atoms with Gasteiger partial charge in [0.2, 0.25) is 4.77 Å². The first kappa shape index (κ1) is 16.4. The van der Waals surface area contributed by atoms with Gasteiger partial charge in [0.05, 0.1) is 24.9 Å². The standard InChI is InChI=1S/C13H13BrN4O3S/c1-7-12(19)18(13(22)17-16-7)15-6-8-4-9(14)11(21-3)10(5-8)20-2/h4-6H,1-3H3,(H,17,22)/b15-6-. The first-order valence-corrected chi connectivity index (χ1v) is 7.32. The number of benzene rings is 1. The number of H-pyrrole nitrogens is 1. The van der Waals surface area contributed by atoms with E-state index in [1.165, 1.54) is 13.3 Å². The van der Waals surface area contributed by atoms with Crippen molar-refractivity contribution in [2.75, 3.05) is 14.2 Å². The van der Waals surface area contributed by atoms with Crippen molar-refractivity contribution in [3.63, 3.8) is 0 Å². The van der Waals surface area contributed by atoms with Crippen LogP contribution < -0.4 is 15.0 Å². The van der Waals surface area contributed by atoms with Crippen LogP contribution in [-0.4, -0.2) is 35.3 Å². The number of hydrogen-bond acceptors (Lipinski definition) is 6. The molecule has 0 radical (unpaired) electrons. The van der Waals surface area contributed by atoms with E-state index in [2.05, 4.69) is 31.2 Å². The van der Waals surface area contributed by atoms with Crippen LogP contribution in [0.15, 0.2) is 26.5 Å². The smallest absolute Gasteiger partial charge is 0.296 e. The van der Waals surface area contributed by atoms with Crippen LogP contribution in [-0.2, 0) is 0 Å². The van der Waals surface area contributed by atoms with Crippen molar-refractivity contribution in [3.8, 4) is 11.5 Å². The molecule has 0 spiro atoms. The molecule has 0 saturated heterocycles. The van der Waals surface area contributed by atoms with E-state index in [1.54, 1.807) is 26.2 Å². The highest BCUT2D eigenvalue weighted by molar-refractivity contribution is 9.10. The van der Waals surface area contributed by atoms with Gasteiger partial charge in [-0.1, -0.05) is 0 Å². The van der Waals surface area contributed by atoms with Crippen molar-refractivity contribution in [2.24, 2.45) is 5.10 Å². The van der Waals surface area contributed by atoms with Crippen LogP contribution in [0.2, 0.25) is 0 Å². The van der Waals surface area contributed by atoms with Crippen molar-refractivity contribution in [1.82, 2.24) is 14.9 Å². The third-order valence-corrected chi connectivity index (χ3v) is 3.64. The topological polar surface area (TPSA) is 81.5 Å². The van der Waals surface area contributed by atoms with Gasteiger partial charge in [0.15, 0.2) is 11.5 Å². The quantitative estimate of drug-likeness (QED) is 0.645. The summed E-state index contributed by atoms with van der Waals surface area (Å²) in [5, 5.41) is 10.4. The van der Waals surface area contributed by atoms with Crippen molar-refractivity contribution in [2.45, 2.75) is 6.92 Å². The van der Waals surface area contributed by atoms with Crippen molar-refractivity contribution >= 4 is 34.4 Å². The maximum atomic E-state index is 11.9. The molecule has 2 aromatic rings. The van der Waals surface area contributed by atoms with Gasteiger partial charge in [0.25, 0.3) is 5.56 Å². The van der Waals surface area contributed by atoms with E-state index in [1.807, 2.05) is 0 Å². The molecule has 0 unspecified atom stereocenters. The zero-order chi connectivity index (χ0) is 16.3. The number of aryl methyl sites for hydroxylation is 1. The number of halogens is 1. The first-order chi connectivity index (χ1) is 10.5. The molecule has 0 aliphatic heterocycles. The van der Waals surface area contributed by atoms with Crippen molar-refractivity contribution < 1.29 is 9.47 Å². The van der Waals surface area contributed by atoms with Crippen LogP contribution in [0, 0.1) is 11.7 Å². The minimum Gasteiger partial charge on any atom is -0.493 e. The van der Waals surface area contributed by atoms with Crippen LogP contribution in [0.4, 0.5) is 0 Å². The summed E-state index contributed by atoms with van der Waals surface area (Å²) in [4.78, 5) is 11.9. The maximum absolute atomic E-state index is 11.9. The molecule has 0 aliphatic rings. The molecule has 0 bridgehead atoms. The lowest BCUT2D eigenvalue weighted by Crippen LogP contribution is -2.22. The molecular formula is C13H13BrN4O3S. The van der Waals surface area contributed by atoms with E-state index < -0.39 is 0 Å².